The number of aryl methyl sites for hydroxylation is 1. The summed E-state index contributed by atoms with van der Waals surface area (Å²) in [5, 5.41) is 0. The van der Waals surface area contributed by atoms with E-state index in [9.17, 15) is 4.79 Å². The zero-order valence-corrected chi connectivity index (χ0v) is 11.8. The van der Waals surface area contributed by atoms with Gasteiger partial charge in [-0.25, -0.2) is 0 Å². The van der Waals surface area contributed by atoms with E-state index < -0.39 is 0 Å². The van der Waals surface area contributed by atoms with Gasteiger partial charge in [-0.3, -0.25) is 4.79 Å². The second kappa shape index (κ2) is 7.49. The fourth-order valence-corrected chi connectivity index (χ4v) is 2.02. The summed E-state index contributed by atoms with van der Waals surface area (Å²) in [5.41, 5.74) is 2.28. The van der Waals surface area contributed by atoms with Crippen molar-refractivity contribution >= 4 is 5.97 Å². The van der Waals surface area contributed by atoms with Gasteiger partial charge in [-0.2, -0.15) is 0 Å². The maximum absolute atomic E-state index is 11.9. The van der Waals surface area contributed by atoms with Crippen molar-refractivity contribution in [1.82, 2.24) is 0 Å². The molecule has 1 atom stereocenters. The second-order valence-electron chi connectivity index (χ2n) is 5.02. The van der Waals surface area contributed by atoms with Gasteiger partial charge in [0.1, 0.15) is 6.61 Å². The van der Waals surface area contributed by atoms with Gasteiger partial charge >= 0.3 is 5.97 Å². The smallest absolute Gasteiger partial charge is 0.308 e. The minimum absolute atomic E-state index is 0.0704. The summed E-state index contributed by atoms with van der Waals surface area (Å²) < 4.78 is 5.34. The third-order valence-corrected chi connectivity index (χ3v) is 3.34. The fourth-order valence-electron chi connectivity index (χ4n) is 2.02. The molecule has 0 fully saturated rings. The van der Waals surface area contributed by atoms with Crippen molar-refractivity contribution in [3.63, 3.8) is 0 Å². The van der Waals surface area contributed by atoms with E-state index in [-0.39, 0.29) is 11.9 Å². The van der Waals surface area contributed by atoms with Gasteiger partial charge in [-0.15, -0.1) is 0 Å². The van der Waals surface area contributed by atoms with Crippen LogP contribution < -0.4 is 0 Å². The molecule has 1 unspecified atom stereocenters. The van der Waals surface area contributed by atoms with Gasteiger partial charge in [0.05, 0.1) is 5.92 Å². The Labute approximate surface area is 120 Å². The highest BCUT2D eigenvalue weighted by Crippen LogP contribution is 2.12. The van der Waals surface area contributed by atoms with Crippen LogP contribution in [0.15, 0.2) is 60.7 Å². The average molecular weight is 268 g/mol. The Bertz CT molecular complexity index is 520. The van der Waals surface area contributed by atoms with Crippen LogP contribution in [0, 0.1) is 5.92 Å². The van der Waals surface area contributed by atoms with Crippen LogP contribution in [0.2, 0.25) is 0 Å². The van der Waals surface area contributed by atoms with Gasteiger partial charge < -0.3 is 4.74 Å². The molecule has 0 bridgehead atoms. The molecule has 0 aliphatic heterocycles. The molecule has 0 saturated carbocycles. The number of hydrogen-bond acceptors (Lipinski definition) is 2. The Morgan fingerprint density at radius 1 is 0.950 bits per heavy atom. The lowest BCUT2D eigenvalue weighted by molar-refractivity contribution is -0.149. The lowest BCUT2D eigenvalue weighted by Gasteiger charge is -2.11. The number of rotatable bonds is 6. The lowest BCUT2D eigenvalue weighted by atomic mass is 10.0. The highest BCUT2D eigenvalue weighted by atomic mass is 16.5. The summed E-state index contributed by atoms with van der Waals surface area (Å²) in [6, 6.07) is 20.0. The van der Waals surface area contributed by atoms with Gasteiger partial charge in [-0.1, -0.05) is 67.6 Å². The molecule has 20 heavy (non-hydrogen) atoms. The first-order valence-corrected chi connectivity index (χ1v) is 7.00. The molecule has 2 nitrogen and oxygen atoms in total. The topological polar surface area (TPSA) is 26.3 Å². The third-order valence-electron chi connectivity index (χ3n) is 3.34. The third kappa shape index (κ3) is 4.54. The predicted octanol–water partition coefficient (Wildman–Crippen LogP) is 4.00. The number of carbonyl (C=O) groups excluding carboxylic acids is 1. The van der Waals surface area contributed by atoms with Gasteiger partial charge in [0.2, 0.25) is 0 Å². The van der Waals surface area contributed by atoms with Crippen molar-refractivity contribution in [1.29, 1.82) is 0 Å². The molecule has 0 aromatic heterocycles. The summed E-state index contributed by atoms with van der Waals surface area (Å²) in [6.45, 7) is 2.28. The Morgan fingerprint density at radius 3 is 2.10 bits per heavy atom. The standard InChI is InChI=1S/C18H20O2/c1-15(12-13-16-8-4-2-5-9-16)18(19)20-14-17-10-6-3-7-11-17/h2-11,15H,12-14H2,1H3. The first-order valence-electron chi connectivity index (χ1n) is 7.00. The van der Waals surface area contributed by atoms with Crippen molar-refractivity contribution in [3.8, 4) is 0 Å². The first kappa shape index (κ1) is 14.3. The SMILES string of the molecule is CC(CCc1ccccc1)C(=O)OCc1ccccc1. The maximum atomic E-state index is 11.9. The van der Waals surface area contributed by atoms with E-state index >= 15 is 0 Å². The number of hydrogen-bond donors (Lipinski definition) is 0. The van der Waals surface area contributed by atoms with Crippen molar-refractivity contribution in [2.75, 3.05) is 0 Å². The van der Waals surface area contributed by atoms with E-state index in [1.807, 2.05) is 55.5 Å². The van der Waals surface area contributed by atoms with Gasteiger partial charge in [0.25, 0.3) is 0 Å². The number of ether oxygens (including phenoxy) is 1. The van der Waals surface area contributed by atoms with Crippen molar-refractivity contribution in [2.24, 2.45) is 5.92 Å². The number of benzene rings is 2. The fraction of sp³-hybridized carbons (Fsp3) is 0.278. The second-order valence-corrected chi connectivity index (χ2v) is 5.02. The normalized spacial score (nSPS) is 11.8. The van der Waals surface area contributed by atoms with Gasteiger partial charge in [0, 0.05) is 0 Å². The monoisotopic (exact) mass is 268 g/mol. The minimum atomic E-state index is -0.121. The van der Waals surface area contributed by atoms with Gasteiger partial charge in [0.15, 0.2) is 0 Å². The van der Waals surface area contributed by atoms with Crippen LogP contribution in [0.3, 0.4) is 0 Å². The van der Waals surface area contributed by atoms with E-state index in [1.165, 1.54) is 5.56 Å². The summed E-state index contributed by atoms with van der Waals surface area (Å²) in [6.07, 6.45) is 1.72. The molecule has 2 heteroatoms. The van der Waals surface area contributed by atoms with Crippen LogP contribution in [0.25, 0.3) is 0 Å². The molecule has 0 heterocycles. The van der Waals surface area contributed by atoms with E-state index in [0.717, 1.165) is 18.4 Å². The van der Waals surface area contributed by atoms with Crippen LogP contribution in [0.5, 0.6) is 0 Å². The summed E-state index contributed by atoms with van der Waals surface area (Å²) in [5.74, 6) is -0.191. The summed E-state index contributed by atoms with van der Waals surface area (Å²) >= 11 is 0. The van der Waals surface area contributed by atoms with Crippen LogP contribution in [0.1, 0.15) is 24.5 Å². The van der Waals surface area contributed by atoms with Crippen LogP contribution >= 0.6 is 0 Å². The molecule has 0 N–H and O–H groups in total. The maximum Gasteiger partial charge on any atom is 0.308 e. The molecule has 2 aromatic rings. The minimum Gasteiger partial charge on any atom is -0.461 e. The van der Waals surface area contributed by atoms with E-state index in [2.05, 4.69) is 12.1 Å². The molecule has 0 aliphatic rings. The lowest BCUT2D eigenvalue weighted by Crippen LogP contribution is -2.15. The molecule has 2 rings (SSSR count). The molecular formula is C18H20O2. The van der Waals surface area contributed by atoms with Crippen LogP contribution in [-0.4, -0.2) is 5.97 Å². The van der Waals surface area contributed by atoms with Crippen molar-refractivity contribution in [3.05, 3.63) is 71.8 Å². The molecule has 0 amide bonds. The molecule has 2 aromatic carbocycles. The highest BCUT2D eigenvalue weighted by Gasteiger charge is 2.14. The predicted molar refractivity (Wildman–Crippen MR) is 80.2 cm³/mol. The van der Waals surface area contributed by atoms with Crippen LogP contribution in [-0.2, 0) is 22.6 Å². The molecule has 0 radical (unpaired) electrons. The average Bonchev–Trinajstić information content (AvgIpc) is 2.52. The summed E-state index contributed by atoms with van der Waals surface area (Å²) in [4.78, 5) is 11.9. The van der Waals surface area contributed by atoms with Crippen molar-refractivity contribution in [2.45, 2.75) is 26.4 Å². The summed E-state index contributed by atoms with van der Waals surface area (Å²) in [7, 11) is 0. The zero-order chi connectivity index (χ0) is 14.2. The molecular weight excluding hydrogens is 248 g/mol. The van der Waals surface area contributed by atoms with Crippen molar-refractivity contribution < 1.29 is 9.53 Å². The first-order chi connectivity index (χ1) is 9.75. The van der Waals surface area contributed by atoms with Crippen LogP contribution in [0.4, 0.5) is 0 Å². The van der Waals surface area contributed by atoms with E-state index in [1.54, 1.807) is 0 Å². The zero-order valence-electron chi connectivity index (χ0n) is 11.8. The Hall–Kier alpha value is -2.09. The molecule has 0 aliphatic carbocycles. The van der Waals surface area contributed by atoms with Gasteiger partial charge in [-0.05, 0) is 24.0 Å². The number of carbonyl (C=O) groups is 1. The molecule has 0 spiro atoms. The Morgan fingerprint density at radius 2 is 1.50 bits per heavy atom. The quantitative estimate of drug-likeness (QED) is 0.740. The van der Waals surface area contributed by atoms with E-state index in [4.69, 9.17) is 4.74 Å². The Balaban J connectivity index is 1.75. The number of esters is 1. The largest absolute Gasteiger partial charge is 0.461 e. The van der Waals surface area contributed by atoms with E-state index in [0.29, 0.717) is 6.61 Å². The molecule has 104 valence electrons. The Kier molecular flexibility index (Phi) is 5.36. The molecule has 0 saturated heterocycles. The highest BCUT2D eigenvalue weighted by molar-refractivity contribution is 5.72.